The Balaban J connectivity index is 1.91. The first-order valence-electron chi connectivity index (χ1n) is 7.80. The Kier molecular flexibility index (Phi) is 4.13. The molecule has 0 aliphatic heterocycles. The van der Waals surface area contributed by atoms with Gasteiger partial charge in [0.15, 0.2) is 0 Å². The molecule has 0 spiro atoms. The quantitative estimate of drug-likeness (QED) is 0.930. The van der Waals surface area contributed by atoms with Crippen LogP contribution in [0.2, 0.25) is 0 Å². The highest BCUT2D eigenvalue weighted by Gasteiger charge is 2.19. The molecule has 0 fully saturated rings. The van der Waals surface area contributed by atoms with Crippen molar-refractivity contribution in [2.75, 3.05) is 5.32 Å². The zero-order valence-corrected chi connectivity index (χ0v) is 12.8. The SMILES string of the molecule is CCC(Nc1nc(C)nc2c1CCCC2)c1ccncc1. The highest BCUT2D eigenvalue weighted by atomic mass is 15.1. The fourth-order valence-electron chi connectivity index (χ4n) is 3.02. The number of hydrogen-bond donors (Lipinski definition) is 1. The van der Waals surface area contributed by atoms with Crippen LogP contribution in [0.4, 0.5) is 5.82 Å². The molecular formula is C17H22N4. The second-order valence-corrected chi connectivity index (χ2v) is 5.64. The van der Waals surface area contributed by atoms with E-state index in [0.717, 1.165) is 30.9 Å². The second-order valence-electron chi connectivity index (χ2n) is 5.64. The molecule has 1 aliphatic carbocycles. The first-order chi connectivity index (χ1) is 10.3. The Hall–Kier alpha value is -1.97. The summed E-state index contributed by atoms with van der Waals surface area (Å²) < 4.78 is 0. The molecule has 1 N–H and O–H groups in total. The molecule has 21 heavy (non-hydrogen) atoms. The van der Waals surface area contributed by atoms with E-state index in [1.165, 1.54) is 29.7 Å². The molecule has 4 nitrogen and oxygen atoms in total. The average Bonchev–Trinajstić information content (AvgIpc) is 2.53. The van der Waals surface area contributed by atoms with Crippen LogP contribution in [0.3, 0.4) is 0 Å². The van der Waals surface area contributed by atoms with Gasteiger partial charge in [0.2, 0.25) is 0 Å². The van der Waals surface area contributed by atoms with E-state index in [4.69, 9.17) is 0 Å². The lowest BCUT2D eigenvalue weighted by Gasteiger charge is -2.23. The number of nitrogens with zero attached hydrogens (tertiary/aromatic N) is 3. The molecule has 2 aromatic heterocycles. The summed E-state index contributed by atoms with van der Waals surface area (Å²) in [7, 11) is 0. The maximum atomic E-state index is 4.66. The minimum atomic E-state index is 0.272. The molecule has 3 rings (SSSR count). The van der Waals surface area contributed by atoms with E-state index in [9.17, 15) is 0 Å². The van der Waals surface area contributed by atoms with Crippen molar-refractivity contribution in [1.29, 1.82) is 0 Å². The van der Waals surface area contributed by atoms with Gasteiger partial charge in [0.1, 0.15) is 11.6 Å². The third-order valence-corrected chi connectivity index (χ3v) is 4.12. The zero-order valence-electron chi connectivity index (χ0n) is 12.8. The highest BCUT2D eigenvalue weighted by molar-refractivity contribution is 5.49. The Morgan fingerprint density at radius 1 is 1.14 bits per heavy atom. The molecule has 1 aliphatic rings. The third kappa shape index (κ3) is 3.04. The van der Waals surface area contributed by atoms with Crippen molar-refractivity contribution >= 4 is 5.82 Å². The molecule has 1 atom stereocenters. The minimum absolute atomic E-state index is 0.272. The van der Waals surface area contributed by atoms with Crippen LogP contribution in [-0.2, 0) is 12.8 Å². The molecule has 2 aromatic rings. The zero-order chi connectivity index (χ0) is 14.7. The molecule has 0 aromatic carbocycles. The Morgan fingerprint density at radius 3 is 2.67 bits per heavy atom. The van der Waals surface area contributed by atoms with Gasteiger partial charge < -0.3 is 5.32 Å². The van der Waals surface area contributed by atoms with Gasteiger partial charge in [-0.2, -0.15) is 0 Å². The number of anilines is 1. The number of aryl methyl sites for hydroxylation is 2. The molecule has 1 unspecified atom stereocenters. The fraction of sp³-hybridized carbons (Fsp3) is 0.471. The van der Waals surface area contributed by atoms with Crippen molar-refractivity contribution < 1.29 is 0 Å². The van der Waals surface area contributed by atoms with Crippen LogP contribution in [0.1, 0.15) is 54.9 Å². The third-order valence-electron chi connectivity index (χ3n) is 4.12. The van der Waals surface area contributed by atoms with Crippen LogP contribution in [0.15, 0.2) is 24.5 Å². The Labute approximate surface area is 126 Å². The van der Waals surface area contributed by atoms with Gasteiger partial charge in [-0.25, -0.2) is 9.97 Å². The predicted molar refractivity (Wildman–Crippen MR) is 84.3 cm³/mol. The van der Waals surface area contributed by atoms with E-state index in [-0.39, 0.29) is 6.04 Å². The summed E-state index contributed by atoms with van der Waals surface area (Å²) in [6.45, 7) is 4.17. The summed E-state index contributed by atoms with van der Waals surface area (Å²) in [5.74, 6) is 1.89. The second kappa shape index (κ2) is 6.20. The van der Waals surface area contributed by atoms with Gasteiger partial charge in [0.25, 0.3) is 0 Å². The van der Waals surface area contributed by atoms with E-state index in [1.54, 1.807) is 0 Å². The van der Waals surface area contributed by atoms with Crippen LogP contribution in [0.25, 0.3) is 0 Å². The van der Waals surface area contributed by atoms with E-state index in [2.05, 4.69) is 39.3 Å². The van der Waals surface area contributed by atoms with Crippen molar-refractivity contribution in [3.05, 3.63) is 47.2 Å². The number of nitrogens with one attached hydrogen (secondary N) is 1. The van der Waals surface area contributed by atoms with Gasteiger partial charge in [-0.1, -0.05) is 6.92 Å². The van der Waals surface area contributed by atoms with Crippen LogP contribution < -0.4 is 5.32 Å². The molecule has 0 bridgehead atoms. The van der Waals surface area contributed by atoms with Gasteiger partial charge in [-0.15, -0.1) is 0 Å². The number of rotatable bonds is 4. The summed E-state index contributed by atoms with van der Waals surface area (Å²) in [5.41, 5.74) is 3.81. The fourth-order valence-corrected chi connectivity index (χ4v) is 3.02. The van der Waals surface area contributed by atoms with Crippen LogP contribution in [0.5, 0.6) is 0 Å². The monoisotopic (exact) mass is 282 g/mol. The number of fused-ring (bicyclic) bond motifs is 1. The molecule has 0 saturated heterocycles. The van der Waals surface area contributed by atoms with Gasteiger partial charge >= 0.3 is 0 Å². The minimum Gasteiger partial charge on any atom is -0.363 e. The predicted octanol–water partition coefficient (Wildman–Crippen LogP) is 3.62. The number of aromatic nitrogens is 3. The first kappa shape index (κ1) is 14.0. The van der Waals surface area contributed by atoms with Crippen LogP contribution in [0, 0.1) is 6.92 Å². The topological polar surface area (TPSA) is 50.7 Å². The smallest absolute Gasteiger partial charge is 0.133 e. The van der Waals surface area contributed by atoms with Crippen molar-refractivity contribution in [3.63, 3.8) is 0 Å². The molecule has 0 saturated carbocycles. The normalized spacial score (nSPS) is 15.3. The molecule has 2 heterocycles. The maximum absolute atomic E-state index is 4.66. The molecule has 0 radical (unpaired) electrons. The molecule has 0 amide bonds. The van der Waals surface area contributed by atoms with Crippen molar-refractivity contribution in [2.45, 2.75) is 52.0 Å². The van der Waals surface area contributed by atoms with E-state index in [0.29, 0.717) is 0 Å². The van der Waals surface area contributed by atoms with E-state index < -0.39 is 0 Å². The summed E-state index contributed by atoms with van der Waals surface area (Å²) in [6.07, 6.45) is 9.36. The average molecular weight is 282 g/mol. The van der Waals surface area contributed by atoms with Gasteiger partial charge in [0.05, 0.1) is 6.04 Å². The maximum Gasteiger partial charge on any atom is 0.133 e. The lowest BCUT2D eigenvalue weighted by Crippen LogP contribution is -2.17. The van der Waals surface area contributed by atoms with E-state index >= 15 is 0 Å². The highest BCUT2D eigenvalue weighted by Crippen LogP contribution is 2.29. The van der Waals surface area contributed by atoms with Crippen molar-refractivity contribution in [3.8, 4) is 0 Å². The summed E-state index contributed by atoms with van der Waals surface area (Å²) in [4.78, 5) is 13.4. The number of pyridine rings is 1. The largest absolute Gasteiger partial charge is 0.363 e. The van der Waals surface area contributed by atoms with E-state index in [1.807, 2.05) is 19.3 Å². The van der Waals surface area contributed by atoms with Crippen LogP contribution >= 0.6 is 0 Å². The van der Waals surface area contributed by atoms with Gasteiger partial charge in [-0.05, 0) is 56.7 Å². The Bertz CT molecular complexity index is 610. The molecular weight excluding hydrogens is 260 g/mol. The lowest BCUT2D eigenvalue weighted by atomic mass is 9.95. The van der Waals surface area contributed by atoms with Crippen LogP contribution in [-0.4, -0.2) is 15.0 Å². The standard InChI is InChI=1S/C17H22N4/c1-3-15(13-8-10-18-11-9-13)21-17-14-6-4-5-7-16(14)19-12(2)20-17/h8-11,15H,3-7H2,1-2H3,(H,19,20,21). The summed E-state index contributed by atoms with van der Waals surface area (Å²) >= 11 is 0. The van der Waals surface area contributed by atoms with Crippen molar-refractivity contribution in [2.24, 2.45) is 0 Å². The molecule has 110 valence electrons. The summed E-state index contributed by atoms with van der Waals surface area (Å²) in [5, 5.41) is 3.64. The van der Waals surface area contributed by atoms with Gasteiger partial charge in [-0.3, -0.25) is 4.98 Å². The summed E-state index contributed by atoms with van der Waals surface area (Å²) in [6, 6.07) is 4.41. The van der Waals surface area contributed by atoms with Crippen molar-refractivity contribution in [1.82, 2.24) is 15.0 Å². The number of hydrogen-bond acceptors (Lipinski definition) is 4. The first-order valence-corrected chi connectivity index (χ1v) is 7.80. The van der Waals surface area contributed by atoms with Gasteiger partial charge in [0, 0.05) is 23.7 Å². The lowest BCUT2D eigenvalue weighted by molar-refractivity contribution is 0.653. The Morgan fingerprint density at radius 2 is 1.90 bits per heavy atom. The molecule has 4 heteroatoms.